The average Bonchev–Trinajstić information content (AvgIpc) is 2.73. The molecule has 1 unspecified atom stereocenters. The van der Waals surface area contributed by atoms with Gasteiger partial charge in [0, 0.05) is 19.5 Å². The zero-order chi connectivity index (χ0) is 13.7. The third-order valence-corrected chi connectivity index (χ3v) is 3.36. The molecule has 1 aliphatic heterocycles. The van der Waals surface area contributed by atoms with Crippen molar-refractivity contribution in [2.24, 2.45) is 0 Å². The Kier molecular flexibility index (Phi) is 4.91. The van der Waals surface area contributed by atoms with E-state index in [1.54, 1.807) is 12.0 Å². The monoisotopic (exact) mass is 283 g/mol. The van der Waals surface area contributed by atoms with Crippen molar-refractivity contribution in [3.63, 3.8) is 0 Å². The Morgan fingerprint density at radius 2 is 2.11 bits per heavy atom. The van der Waals surface area contributed by atoms with Crippen molar-refractivity contribution in [3.05, 3.63) is 24.3 Å². The molecule has 0 bridgehead atoms. The van der Waals surface area contributed by atoms with Crippen molar-refractivity contribution in [3.8, 4) is 11.5 Å². The molecule has 1 saturated heterocycles. The molecular formula is C14H18ClNO3. The molecule has 0 radical (unpaired) electrons. The van der Waals surface area contributed by atoms with Gasteiger partial charge in [-0.25, -0.2) is 0 Å². The van der Waals surface area contributed by atoms with E-state index in [0.29, 0.717) is 26.1 Å². The summed E-state index contributed by atoms with van der Waals surface area (Å²) in [5, 5.41) is -0.0392. The molecule has 0 saturated carbocycles. The normalized spacial score (nSPS) is 18.7. The van der Waals surface area contributed by atoms with Crippen LogP contribution in [0.25, 0.3) is 0 Å². The molecule has 1 atom stereocenters. The summed E-state index contributed by atoms with van der Waals surface area (Å²) >= 11 is 5.94. The smallest absolute Gasteiger partial charge is 0.224 e. The SMILES string of the molecule is COc1ccccc1OCCCN1CC(Cl)CC1=O. The van der Waals surface area contributed by atoms with Crippen molar-refractivity contribution in [1.82, 2.24) is 4.90 Å². The number of ether oxygens (including phenoxy) is 2. The van der Waals surface area contributed by atoms with Crippen LogP contribution in [0.2, 0.25) is 0 Å². The zero-order valence-corrected chi connectivity index (χ0v) is 11.7. The summed E-state index contributed by atoms with van der Waals surface area (Å²) in [6, 6.07) is 7.53. The zero-order valence-electron chi connectivity index (χ0n) is 11.0. The maximum Gasteiger partial charge on any atom is 0.224 e. The van der Waals surface area contributed by atoms with Gasteiger partial charge >= 0.3 is 0 Å². The van der Waals surface area contributed by atoms with Crippen LogP contribution < -0.4 is 9.47 Å². The van der Waals surface area contributed by atoms with Gasteiger partial charge in [0.05, 0.1) is 19.1 Å². The second-order valence-electron chi connectivity index (χ2n) is 4.49. The molecule has 1 aromatic rings. The molecule has 2 rings (SSSR count). The van der Waals surface area contributed by atoms with Crippen molar-refractivity contribution < 1.29 is 14.3 Å². The van der Waals surface area contributed by atoms with Crippen molar-refractivity contribution >= 4 is 17.5 Å². The number of likely N-dealkylation sites (tertiary alicyclic amines) is 1. The van der Waals surface area contributed by atoms with Crippen LogP contribution in [0.5, 0.6) is 11.5 Å². The number of amides is 1. The highest BCUT2D eigenvalue weighted by Gasteiger charge is 2.27. The molecule has 0 aromatic heterocycles. The summed E-state index contributed by atoms with van der Waals surface area (Å²) in [6.45, 7) is 1.89. The highest BCUT2D eigenvalue weighted by molar-refractivity contribution is 6.22. The van der Waals surface area contributed by atoms with E-state index >= 15 is 0 Å². The highest BCUT2D eigenvalue weighted by Crippen LogP contribution is 2.25. The Balaban J connectivity index is 1.73. The van der Waals surface area contributed by atoms with E-state index in [0.717, 1.165) is 17.9 Å². The third kappa shape index (κ3) is 3.77. The van der Waals surface area contributed by atoms with Gasteiger partial charge in [-0.2, -0.15) is 0 Å². The molecule has 104 valence electrons. The number of para-hydroxylation sites is 2. The molecule has 0 N–H and O–H groups in total. The van der Waals surface area contributed by atoms with Crippen LogP contribution in [0.4, 0.5) is 0 Å². The lowest BCUT2D eigenvalue weighted by molar-refractivity contribution is -0.127. The third-order valence-electron chi connectivity index (χ3n) is 3.07. The van der Waals surface area contributed by atoms with E-state index in [-0.39, 0.29) is 11.3 Å². The van der Waals surface area contributed by atoms with E-state index in [4.69, 9.17) is 21.1 Å². The van der Waals surface area contributed by atoms with E-state index in [1.807, 2.05) is 24.3 Å². The fraction of sp³-hybridized carbons (Fsp3) is 0.500. The molecule has 19 heavy (non-hydrogen) atoms. The molecule has 1 amide bonds. The van der Waals surface area contributed by atoms with Crippen LogP contribution in [-0.2, 0) is 4.79 Å². The molecule has 5 heteroatoms. The van der Waals surface area contributed by atoms with Crippen LogP contribution in [0.3, 0.4) is 0 Å². The van der Waals surface area contributed by atoms with Crippen LogP contribution in [0.15, 0.2) is 24.3 Å². The number of halogens is 1. The molecular weight excluding hydrogens is 266 g/mol. The molecule has 0 aliphatic carbocycles. The van der Waals surface area contributed by atoms with Gasteiger partial charge < -0.3 is 14.4 Å². The minimum atomic E-state index is -0.0392. The van der Waals surface area contributed by atoms with Crippen molar-refractivity contribution in [2.75, 3.05) is 26.8 Å². The quantitative estimate of drug-likeness (QED) is 0.594. The van der Waals surface area contributed by atoms with Gasteiger partial charge in [-0.15, -0.1) is 11.6 Å². The number of carbonyl (C=O) groups is 1. The fourth-order valence-corrected chi connectivity index (χ4v) is 2.41. The summed E-state index contributed by atoms with van der Waals surface area (Å²) in [4.78, 5) is 13.3. The first kappa shape index (κ1) is 14.0. The predicted octanol–water partition coefficient (Wildman–Crippen LogP) is 2.30. The van der Waals surface area contributed by atoms with Crippen molar-refractivity contribution in [2.45, 2.75) is 18.2 Å². The minimum absolute atomic E-state index is 0.0392. The van der Waals surface area contributed by atoms with Gasteiger partial charge in [-0.1, -0.05) is 12.1 Å². The van der Waals surface area contributed by atoms with Gasteiger partial charge in [-0.05, 0) is 18.6 Å². The first-order valence-corrected chi connectivity index (χ1v) is 6.82. The standard InChI is InChI=1S/C14H18ClNO3/c1-18-12-5-2-3-6-13(12)19-8-4-7-16-10-11(15)9-14(16)17/h2-3,5-6,11H,4,7-10H2,1H3. The van der Waals surface area contributed by atoms with E-state index < -0.39 is 0 Å². The second-order valence-corrected chi connectivity index (χ2v) is 5.11. The maximum absolute atomic E-state index is 11.5. The first-order valence-electron chi connectivity index (χ1n) is 6.38. The number of hydrogen-bond donors (Lipinski definition) is 0. The van der Waals surface area contributed by atoms with Gasteiger partial charge in [0.25, 0.3) is 0 Å². The number of benzene rings is 1. The Morgan fingerprint density at radius 1 is 1.37 bits per heavy atom. The van der Waals surface area contributed by atoms with Crippen LogP contribution in [0, 0.1) is 0 Å². The molecule has 1 aliphatic rings. The van der Waals surface area contributed by atoms with E-state index in [2.05, 4.69) is 0 Å². The lowest BCUT2D eigenvalue weighted by Crippen LogP contribution is -2.27. The topological polar surface area (TPSA) is 38.8 Å². The Bertz CT molecular complexity index is 438. The van der Waals surface area contributed by atoms with E-state index in [1.165, 1.54) is 0 Å². The number of hydrogen-bond acceptors (Lipinski definition) is 3. The minimum Gasteiger partial charge on any atom is -0.493 e. The van der Waals surface area contributed by atoms with Gasteiger partial charge in [0.1, 0.15) is 0 Å². The molecule has 4 nitrogen and oxygen atoms in total. The fourth-order valence-electron chi connectivity index (χ4n) is 2.12. The average molecular weight is 284 g/mol. The Hall–Kier alpha value is -1.42. The number of carbonyl (C=O) groups excluding carboxylic acids is 1. The largest absolute Gasteiger partial charge is 0.493 e. The lowest BCUT2D eigenvalue weighted by Gasteiger charge is -2.16. The van der Waals surface area contributed by atoms with Crippen molar-refractivity contribution in [1.29, 1.82) is 0 Å². The second kappa shape index (κ2) is 6.66. The summed E-state index contributed by atoms with van der Waals surface area (Å²) < 4.78 is 10.9. The number of alkyl halides is 1. The van der Waals surface area contributed by atoms with Gasteiger partial charge in [0.2, 0.25) is 5.91 Å². The molecule has 1 fully saturated rings. The Morgan fingerprint density at radius 3 is 2.74 bits per heavy atom. The lowest BCUT2D eigenvalue weighted by atomic mass is 10.3. The molecule has 0 spiro atoms. The van der Waals surface area contributed by atoms with E-state index in [9.17, 15) is 4.79 Å². The Labute approximate surface area is 118 Å². The van der Waals surface area contributed by atoms with Crippen LogP contribution in [-0.4, -0.2) is 43.0 Å². The van der Waals surface area contributed by atoms with Gasteiger partial charge in [-0.3, -0.25) is 4.79 Å². The molecule has 1 aromatic carbocycles. The summed E-state index contributed by atoms with van der Waals surface area (Å²) in [6.07, 6.45) is 1.24. The van der Waals surface area contributed by atoms with Crippen LogP contribution >= 0.6 is 11.6 Å². The predicted molar refractivity (Wildman–Crippen MR) is 73.9 cm³/mol. The highest BCUT2D eigenvalue weighted by atomic mass is 35.5. The number of nitrogens with zero attached hydrogens (tertiary/aromatic N) is 1. The first-order chi connectivity index (χ1) is 9.20. The number of methoxy groups -OCH3 is 1. The maximum atomic E-state index is 11.5. The van der Waals surface area contributed by atoms with Gasteiger partial charge in [0.15, 0.2) is 11.5 Å². The summed E-state index contributed by atoms with van der Waals surface area (Å²) in [7, 11) is 1.62. The summed E-state index contributed by atoms with van der Waals surface area (Å²) in [5.74, 6) is 1.59. The summed E-state index contributed by atoms with van der Waals surface area (Å²) in [5.41, 5.74) is 0. The molecule has 1 heterocycles. The van der Waals surface area contributed by atoms with Crippen LogP contribution in [0.1, 0.15) is 12.8 Å². The number of rotatable bonds is 6.